The Morgan fingerprint density at radius 3 is 2.94 bits per heavy atom. The molecule has 5 heteroatoms. The summed E-state index contributed by atoms with van der Waals surface area (Å²) < 4.78 is 14.7. The lowest BCUT2D eigenvalue weighted by atomic mass is 9.99. The Balaban J connectivity index is 1.94. The SMILES string of the molecule is Fc1cc(Br)cc2c1CN(c1cnccn1)CC2. The van der Waals surface area contributed by atoms with Gasteiger partial charge in [-0.15, -0.1) is 0 Å². The molecule has 0 atom stereocenters. The Kier molecular flexibility index (Phi) is 2.99. The Hall–Kier alpha value is -1.49. The predicted molar refractivity (Wildman–Crippen MR) is 70.9 cm³/mol. The van der Waals surface area contributed by atoms with Gasteiger partial charge in [-0.05, 0) is 24.1 Å². The van der Waals surface area contributed by atoms with Gasteiger partial charge in [0.15, 0.2) is 0 Å². The minimum atomic E-state index is -0.159. The highest BCUT2D eigenvalue weighted by Gasteiger charge is 2.20. The molecule has 0 spiro atoms. The summed E-state index contributed by atoms with van der Waals surface area (Å²) in [6.07, 6.45) is 5.83. The van der Waals surface area contributed by atoms with Crippen molar-refractivity contribution in [1.29, 1.82) is 0 Å². The number of fused-ring (bicyclic) bond motifs is 1. The fourth-order valence-corrected chi connectivity index (χ4v) is 2.71. The van der Waals surface area contributed by atoms with E-state index in [9.17, 15) is 4.39 Å². The molecule has 1 aliphatic rings. The van der Waals surface area contributed by atoms with Crippen molar-refractivity contribution >= 4 is 21.7 Å². The standard InChI is InChI=1S/C13H11BrFN3/c14-10-5-9-1-4-18(8-11(9)12(15)6-10)13-7-16-2-3-17-13/h2-3,5-7H,1,4,8H2. The van der Waals surface area contributed by atoms with Gasteiger partial charge in [0.05, 0.1) is 6.20 Å². The first-order valence-corrected chi connectivity index (χ1v) is 6.51. The van der Waals surface area contributed by atoms with Crippen molar-refractivity contribution in [2.24, 2.45) is 0 Å². The summed E-state index contributed by atoms with van der Waals surface area (Å²) in [6.45, 7) is 1.38. The highest BCUT2D eigenvalue weighted by molar-refractivity contribution is 9.10. The quantitative estimate of drug-likeness (QED) is 0.811. The lowest BCUT2D eigenvalue weighted by Gasteiger charge is -2.29. The second-order valence-electron chi connectivity index (χ2n) is 4.26. The second-order valence-corrected chi connectivity index (χ2v) is 5.18. The summed E-state index contributed by atoms with van der Waals surface area (Å²) in [5.74, 6) is 0.637. The molecule has 1 aromatic carbocycles. The highest BCUT2D eigenvalue weighted by Crippen LogP contribution is 2.27. The van der Waals surface area contributed by atoms with E-state index in [0.717, 1.165) is 34.4 Å². The normalized spacial score (nSPS) is 14.4. The molecule has 1 aromatic heterocycles. The van der Waals surface area contributed by atoms with E-state index in [0.29, 0.717) is 6.54 Å². The van der Waals surface area contributed by atoms with Crippen LogP contribution in [0.25, 0.3) is 0 Å². The zero-order chi connectivity index (χ0) is 12.5. The molecule has 0 unspecified atom stereocenters. The summed E-state index contributed by atoms with van der Waals surface area (Å²) in [5.41, 5.74) is 1.83. The Labute approximate surface area is 113 Å². The van der Waals surface area contributed by atoms with Crippen molar-refractivity contribution in [2.75, 3.05) is 11.4 Å². The smallest absolute Gasteiger partial charge is 0.147 e. The van der Waals surface area contributed by atoms with Crippen LogP contribution >= 0.6 is 15.9 Å². The van der Waals surface area contributed by atoms with E-state index < -0.39 is 0 Å². The van der Waals surface area contributed by atoms with Crippen LogP contribution in [0.1, 0.15) is 11.1 Å². The van der Waals surface area contributed by atoms with E-state index in [1.165, 1.54) is 6.07 Å². The van der Waals surface area contributed by atoms with E-state index in [1.54, 1.807) is 18.6 Å². The van der Waals surface area contributed by atoms with Crippen molar-refractivity contribution < 1.29 is 4.39 Å². The molecule has 0 bridgehead atoms. The van der Waals surface area contributed by atoms with Crippen LogP contribution in [-0.4, -0.2) is 16.5 Å². The number of halogens is 2. The van der Waals surface area contributed by atoms with Crippen LogP contribution in [0.5, 0.6) is 0 Å². The lowest BCUT2D eigenvalue weighted by Crippen LogP contribution is -2.31. The second kappa shape index (κ2) is 4.65. The average Bonchev–Trinajstić information content (AvgIpc) is 2.39. The zero-order valence-corrected chi connectivity index (χ0v) is 11.2. The van der Waals surface area contributed by atoms with Crippen LogP contribution in [0.2, 0.25) is 0 Å². The number of aromatic nitrogens is 2. The molecule has 0 radical (unpaired) electrons. The van der Waals surface area contributed by atoms with Crippen molar-refractivity contribution in [2.45, 2.75) is 13.0 Å². The maximum Gasteiger partial charge on any atom is 0.147 e. The van der Waals surface area contributed by atoms with Crippen LogP contribution in [0.3, 0.4) is 0 Å². The summed E-state index contributed by atoms with van der Waals surface area (Å²) in [7, 11) is 0. The zero-order valence-electron chi connectivity index (χ0n) is 9.61. The van der Waals surface area contributed by atoms with Gasteiger partial charge < -0.3 is 4.90 Å². The van der Waals surface area contributed by atoms with Gasteiger partial charge in [0, 0.05) is 35.5 Å². The van der Waals surface area contributed by atoms with Crippen molar-refractivity contribution in [3.63, 3.8) is 0 Å². The molecule has 0 N–H and O–H groups in total. The van der Waals surface area contributed by atoms with Crippen LogP contribution in [0, 0.1) is 5.82 Å². The first kappa shape index (κ1) is 11.6. The molecule has 0 saturated heterocycles. The number of rotatable bonds is 1. The fraction of sp³-hybridized carbons (Fsp3) is 0.231. The summed E-state index contributed by atoms with van der Waals surface area (Å²) in [6, 6.07) is 3.51. The summed E-state index contributed by atoms with van der Waals surface area (Å²) >= 11 is 3.33. The molecular weight excluding hydrogens is 297 g/mol. The predicted octanol–water partition coefficient (Wildman–Crippen LogP) is 2.94. The molecule has 2 heterocycles. The van der Waals surface area contributed by atoms with E-state index in [2.05, 4.69) is 25.9 Å². The third-order valence-electron chi connectivity index (χ3n) is 3.13. The molecule has 18 heavy (non-hydrogen) atoms. The topological polar surface area (TPSA) is 29.0 Å². The Morgan fingerprint density at radius 1 is 1.28 bits per heavy atom. The van der Waals surface area contributed by atoms with Gasteiger partial charge in [-0.3, -0.25) is 4.98 Å². The molecular formula is C13H11BrFN3. The van der Waals surface area contributed by atoms with Gasteiger partial charge >= 0.3 is 0 Å². The first-order valence-electron chi connectivity index (χ1n) is 5.72. The molecule has 0 aliphatic carbocycles. The lowest BCUT2D eigenvalue weighted by molar-refractivity contribution is 0.585. The molecule has 1 aliphatic heterocycles. The Bertz CT molecular complexity index is 574. The summed E-state index contributed by atoms with van der Waals surface area (Å²) in [4.78, 5) is 10.3. The third kappa shape index (κ3) is 2.10. The van der Waals surface area contributed by atoms with E-state index in [-0.39, 0.29) is 5.82 Å². The number of benzene rings is 1. The van der Waals surface area contributed by atoms with Crippen LogP contribution in [0.15, 0.2) is 35.2 Å². The maximum atomic E-state index is 13.9. The van der Waals surface area contributed by atoms with Crippen LogP contribution in [0.4, 0.5) is 10.2 Å². The van der Waals surface area contributed by atoms with E-state index in [4.69, 9.17) is 0 Å². The first-order chi connectivity index (χ1) is 8.74. The number of nitrogens with zero attached hydrogens (tertiary/aromatic N) is 3. The Morgan fingerprint density at radius 2 is 2.17 bits per heavy atom. The van der Waals surface area contributed by atoms with Crippen LogP contribution in [-0.2, 0) is 13.0 Å². The maximum absolute atomic E-state index is 13.9. The molecule has 3 nitrogen and oxygen atoms in total. The van der Waals surface area contributed by atoms with E-state index in [1.807, 2.05) is 11.0 Å². The number of hydrogen-bond acceptors (Lipinski definition) is 3. The van der Waals surface area contributed by atoms with Gasteiger partial charge in [-0.2, -0.15) is 0 Å². The monoisotopic (exact) mass is 307 g/mol. The molecule has 0 amide bonds. The summed E-state index contributed by atoms with van der Waals surface area (Å²) in [5, 5.41) is 0. The van der Waals surface area contributed by atoms with Gasteiger partial charge in [0.1, 0.15) is 11.6 Å². The number of anilines is 1. The van der Waals surface area contributed by atoms with Crippen molar-refractivity contribution in [3.05, 3.63) is 52.1 Å². The van der Waals surface area contributed by atoms with Gasteiger partial charge in [0.2, 0.25) is 0 Å². The van der Waals surface area contributed by atoms with Gasteiger partial charge in [0.25, 0.3) is 0 Å². The largest absolute Gasteiger partial charge is 0.351 e. The molecule has 3 rings (SSSR count). The number of hydrogen-bond donors (Lipinski definition) is 0. The van der Waals surface area contributed by atoms with Gasteiger partial charge in [-0.1, -0.05) is 15.9 Å². The highest BCUT2D eigenvalue weighted by atomic mass is 79.9. The van der Waals surface area contributed by atoms with E-state index >= 15 is 0 Å². The van der Waals surface area contributed by atoms with Crippen molar-refractivity contribution in [3.8, 4) is 0 Å². The van der Waals surface area contributed by atoms with Gasteiger partial charge in [-0.25, -0.2) is 9.37 Å². The minimum absolute atomic E-state index is 0.159. The van der Waals surface area contributed by atoms with Crippen molar-refractivity contribution in [1.82, 2.24) is 9.97 Å². The molecule has 92 valence electrons. The molecule has 0 saturated carbocycles. The average molecular weight is 308 g/mol. The van der Waals surface area contributed by atoms with Crippen LogP contribution < -0.4 is 4.90 Å². The fourth-order valence-electron chi connectivity index (χ4n) is 2.23. The molecule has 2 aromatic rings. The molecule has 0 fully saturated rings. The third-order valence-corrected chi connectivity index (χ3v) is 3.58. The minimum Gasteiger partial charge on any atom is -0.351 e.